The maximum absolute atomic E-state index is 12.8. The van der Waals surface area contributed by atoms with Gasteiger partial charge in [0, 0.05) is 25.4 Å². The molecule has 1 aliphatic rings. The summed E-state index contributed by atoms with van der Waals surface area (Å²) in [5, 5.41) is 0.161. The van der Waals surface area contributed by atoms with Gasteiger partial charge in [0.05, 0.1) is 19.8 Å². The molecule has 0 N–H and O–H groups in total. The van der Waals surface area contributed by atoms with E-state index >= 15 is 0 Å². The fourth-order valence-corrected chi connectivity index (χ4v) is 5.35. The van der Waals surface area contributed by atoms with Gasteiger partial charge in [-0.2, -0.15) is 0 Å². The third-order valence-electron chi connectivity index (χ3n) is 7.90. The van der Waals surface area contributed by atoms with Gasteiger partial charge in [-0.15, -0.1) is 0 Å². The zero-order chi connectivity index (χ0) is 26.9. The maximum Gasteiger partial charge on any atom is 0.306 e. The molecule has 1 heterocycles. The molecule has 0 radical (unpaired) electrons. The molecule has 2 rings (SSSR count). The predicted octanol–water partition coefficient (Wildman–Crippen LogP) is 7.70. The second-order valence-electron chi connectivity index (χ2n) is 12.1. The van der Waals surface area contributed by atoms with Gasteiger partial charge < -0.3 is 18.6 Å². The molecule has 0 fully saturated rings. The minimum absolute atomic E-state index is 0.0930. The quantitative estimate of drug-likeness (QED) is 0.200. The first-order chi connectivity index (χ1) is 16.8. The van der Waals surface area contributed by atoms with Crippen LogP contribution in [0.3, 0.4) is 0 Å². The van der Waals surface area contributed by atoms with E-state index < -0.39 is 8.32 Å². The number of hydrogen-bond donors (Lipinski definition) is 0. The minimum atomic E-state index is -1.85. The summed E-state index contributed by atoms with van der Waals surface area (Å²) < 4.78 is 24.1. The van der Waals surface area contributed by atoms with Crippen molar-refractivity contribution in [1.29, 1.82) is 0 Å². The van der Waals surface area contributed by atoms with Gasteiger partial charge in [-0.25, -0.2) is 0 Å². The van der Waals surface area contributed by atoms with Crippen LogP contribution in [0.25, 0.3) is 0 Å². The largest absolute Gasteiger partial charge is 0.497 e. The van der Waals surface area contributed by atoms with E-state index in [1.165, 1.54) is 5.57 Å². The topological polar surface area (TPSA) is 54.0 Å². The van der Waals surface area contributed by atoms with E-state index in [9.17, 15) is 4.79 Å². The lowest BCUT2D eigenvalue weighted by Gasteiger charge is -2.37. The summed E-state index contributed by atoms with van der Waals surface area (Å²) in [6.45, 7) is 19.1. The molecule has 0 saturated carbocycles. The van der Waals surface area contributed by atoms with Crippen molar-refractivity contribution in [2.24, 2.45) is 11.8 Å². The summed E-state index contributed by atoms with van der Waals surface area (Å²) in [7, 11) is -0.176. The fraction of sp³-hybridized carbons (Fsp3) is 0.700. The first-order valence-electron chi connectivity index (χ1n) is 13.6. The van der Waals surface area contributed by atoms with Crippen LogP contribution in [0, 0.1) is 11.8 Å². The number of hydrogen-bond acceptors (Lipinski definition) is 5. The first kappa shape index (κ1) is 30.6. The highest BCUT2D eigenvalue weighted by atomic mass is 28.4. The third kappa shape index (κ3) is 9.68. The number of carbonyl (C=O) groups excluding carboxylic acids is 1. The van der Waals surface area contributed by atoms with Crippen LogP contribution in [0.2, 0.25) is 18.1 Å². The standard InChI is InChI=1S/C30H50O5Si/c1-22-13-18-28(24(3)20-34-36(8,9)30(4,5)6)35-29(31)12-10-11-27(23(2)19-22)33-21-25-14-16-26(32-7)17-15-25/h13-17,23-24,27-28H,10-12,18-21H2,1-9H3/b22-13+/t23-,24-,27-,28+/m0/s1. The molecular weight excluding hydrogens is 468 g/mol. The average Bonchev–Trinajstić information content (AvgIpc) is 2.81. The second kappa shape index (κ2) is 13.8. The number of methoxy groups -OCH3 is 1. The van der Waals surface area contributed by atoms with Crippen LogP contribution in [0.1, 0.15) is 79.2 Å². The highest BCUT2D eigenvalue weighted by Gasteiger charge is 2.38. The van der Waals surface area contributed by atoms with Crippen molar-refractivity contribution in [3.63, 3.8) is 0 Å². The summed E-state index contributed by atoms with van der Waals surface area (Å²) in [6.07, 6.45) is 5.91. The van der Waals surface area contributed by atoms with E-state index in [2.05, 4.69) is 60.7 Å². The number of benzene rings is 1. The van der Waals surface area contributed by atoms with E-state index in [0.29, 0.717) is 25.6 Å². The Morgan fingerprint density at radius 1 is 1.17 bits per heavy atom. The lowest BCUT2D eigenvalue weighted by atomic mass is 9.91. The molecule has 0 aromatic heterocycles. The van der Waals surface area contributed by atoms with E-state index in [4.69, 9.17) is 18.6 Å². The molecule has 36 heavy (non-hydrogen) atoms. The Hall–Kier alpha value is -1.63. The Kier molecular flexibility index (Phi) is 11.7. The number of ether oxygens (including phenoxy) is 3. The third-order valence-corrected chi connectivity index (χ3v) is 12.4. The molecular formula is C30H50O5Si. The maximum atomic E-state index is 12.8. The molecule has 1 aromatic rings. The average molecular weight is 519 g/mol. The van der Waals surface area contributed by atoms with Crippen LogP contribution in [-0.4, -0.2) is 40.2 Å². The second-order valence-corrected chi connectivity index (χ2v) is 16.9. The van der Waals surface area contributed by atoms with Crippen LogP contribution in [0.15, 0.2) is 35.9 Å². The lowest BCUT2D eigenvalue weighted by molar-refractivity contribution is -0.152. The van der Waals surface area contributed by atoms with Crippen LogP contribution in [0.5, 0.6) is 5.75 Å². The van der Waals surface area contributed by atoms with Gasteiger partial charge in [-0.1, -0.05) is 58.4 Å². The zero-order valence-corrected chi connectivity index (χ0v) is 25.2. The Bertz CT molecular complexity index is 840. The van der Waals surface area contributed by atoms with E-state index in [-0.39, 0.29) is 29.1 Å². The van der Waals surface area contributed by atoms with Crippen molar-refractivity contribution in [3.05, 3.63) is 41.5 Å². The Balaban J connectivity index is 2.02. The van der Waals surface area contributed by atoms with Gasteiger partial charge in [0.2, 0.25) is 0 Å². The monoisotopic (exact) mass is 518 g/mol. The van der Waals surface area contributed by atoms with Gasteiger partial charge in [0.1, 0.15) is 11.9 Å². The molecule has 204 valence electrons. The minimum Gasteiger partial charge on any atom is -0.497 e. The van der Waals surface area contributed by atoms with E-state index in [1.807, 2.05) is 24.3 Å². The molecule has 0 saturated heterocycles. The Morgan fingerprint density at radius 2 is 1.83 bits per heavy atom. The predicted molar refractivity (Wildman–Crippen MR) is 150 cm³/mol. The van der Waals surface area contributed by atoms with Gasteiger partial charge >= 0.3 is 5.97 Å². The SMILES string of the molecule is COc1ccc(CO[C@H]2CCCC(=O)O[C@@H]([C@@H](C)CO[Si](C)(C)C(C)(C)C)C/C=C(\C)C[C@@H]2C)cc1. The highest BCUT2D eigenvalue weighted by molar-refractivity contribution is 6.74. The molecule has 5 nitrogen and oxygen atoms in total. The summed E-state index contributed by atoms with van der Waals surface area (Å²) in [5.74, 6) is 1.24. The summed E-state index contributed by atoms with van der Waals surface area (Å²) in [6, 6.07) is 8.00. The summed E-state index contributed by atoms with van der Waals surface area (Å²) in [5.41, 5.74) is 2.44. The molecule has 0 spiro atoms. The molecule has 0 aliphatic carbocycles. The van der Waals surface area contributed by atoms with Crippen molar-refractivity contribution < 1.29 is 23.4 Å². The molecule has 0 unspecified atom stereocenters. The lowest BCUT2D eigenvalue weighted by Crippen LogP contribution is -2.43. The number of allylic oxidation sites excluding steroid dienone is 1. The van der Waals surface area contributed by atoms with Gasteiger partial charge in [-0.3, -0.25) is 4.79 Å². The van der Waals surface area contributed by atoms with Crippen molar-refractivity contribution >= 4 is 14.3 Å². The normalized spacial score (nSPS) is 25.1. The molecule has 0 bridgehead atoms. The van der Waals surface area contributed by atoms with Gasteiger partial charge in [0.15, 0.2) is 8.32 Å². The summed E-state index contributed by atoms with van der Waals surface area (Å²) in [4.78, 5) is 12.8. The molecule has 1 aliphatic heterocycles. The number of cyclic esters (lactones) is 1. The zero-order valence-electron chi connectivity index (χ0n) is 24.2. The molecule has 1 aromatic carbocycles. The van der Waals surface area contributed by atoms with Crippen molar-refractivity contribution in [3.8, 4) is 5.75 Å². The first-order valence-corrected chi connectivity index (χ1v) is 16.5. The highest BCUT2D eigenvalue weighted by Crippen LogP contribution is 2.37. The van der Waals surface area contributed by atoms with Crippen LogP contribution < -0.4 is 4.74 Å². The van der Waals surface area contributed by atoms with Gasteiger partial charge in [-0.05, 0) is 67.9 Å². The molecule has 0 amide bonds. The van der Waals surface area contributed by atoms with Gasteiger partial charge in [0.25, 0.3) is 0 Å². The smallest absolute Gasteiger partial charge is 0.306 e. The number of esters is 1. The van der Waals surface area contributed by atoms with Crippen LogP contribution in [-0.2, 0) is 25.3 Å². The fourth-order valence-electron chi connectivity index (χ4n) is 4.23. The van der Waals surface area contributed by atoms with Crippen molar-refractivity contribution in [2.75, 3.05) is 13.7 Å². The van der Waals surface area contributed by atoms with Crippen molar-refractivity contribution in [1.82, 2.24) is 0 Å². The Morgan fingerprint density at radius 3 is 2.44 bits per heavy atom. The van der Waals surface area contributed by atoms with Crippen molar-refractivity contribution in [2.45, 2.75) is 111 Å². The molecule has 6 heteroatoms. The van der Waals surface area contributed by atoms with E-state index in [1.54, 1.807) is 7.11 Å². The Labute approximate surface area is 221 Å². The number of rotatable bonds is 8. The van der Waals surface area contributed by atoms with E-state index in [0.717, 1.165) is 37.0 Å². The van der Waals surface area contributed by atoms with Crippen LogP contribution in [0.4, 0.5) is 0 Å². The van der Waals surface area contributed by atoms with Crippen LogP contribution >= 0.6 is 0 Å². The summed E-state index contributed by atoms with van der Waals surface area (Å²) >= 11 is 0. The number of carbonyl (C=O) groups is 1. The molecule has 4 atom stereocenters.